The molecular weight excluding hydrogens is 489 g/mol. The van der Waals surface area contributed by atoms with Gasteiger partial charge in [0.05, 0.1) is 17.9 Å². The Morgan fingerprint density at radius 3 is 2.38 bits per heavy atom. The highest BCUT2D eigenvalue weighted by atomic mass is 35.5. The highest BCUT2D eigenvalue weighted by Gasteiger charge is 2.32. The molecule has 0 aliphatic carbocycles. The summed E-state index contributed by atoms with van der Waals surface area (Å²) in [4.78, 5) is 13.0. The van der Waals surface area contributed by atoms with E-state index in [4.69, 9.17) is 16.3 Å². The summed E-state index contributed by atoms with van der Waals surface area (Å²) in [7, 11) is -4.93. The molecule has 180 valence electrons. The molecule has 1 unspecified atom stereocenters. The highest BCUT2D eigenvalue weighted by Crippen LogP contribution is 2.37. The van der Waals surface area contributed by atoms with Crippen LogP contribution in [0.1, 0.15) is 24.3 Å². The van der Waals surface area contributed by atoms with Gasteiger partial charge in [0.15, 0.2) is 5.69 Å². The van der Waals surface area contributed by atoms with Crippen molar-refractivity contribution < 1.29 is 17.9 Å². The summed E-state index contributed by atoms with van der Waals surface area (Å²) in [5, 5.41) is 2.73. The second kappa shape index (κ2) is 12.7. The van der Waals surface area contributed by atoms with Gasteiger partial charge in [0, 0.05) is 15.7 Å². The fourth-order valence-corrected chi connectivity index (χ4v) is 6.88. The first-order valence-corrected chi connectivity index (χ1v) is 14.4. The second-order valence-electron chi connectivity index (χ2n) is 7.07. The van der Waals surface area contributed by atoms with Gasteiger partial charge in [-0.15, -0.1) is 6.58 Å². The Bertz CT molecular complexity index is 1300. The first kappa shape index (κ1) is 27.6. The van der Waals surface area contributed by atoms with E-state index in [1.807, 2.05) is 56.1 Å². The van der Waals surface area contributed by atoms with Crippen molar-refractivity contribution in [3.8, 4) is 0 Å². The van der Waals surface area contributed by atoms with Gasteiger partial charge in [0.1, 0.15) is 0 Å². The van der Waals surface area contributed by atoms with E-state index in [1.54, 1.807) is 31.2 Å². The van der Waals surface area contributed by atoms with E-state index in [2.05, 4.69) is 13.2 Å². The van der Waals surface area contributed by atoms with Gasteiger partial charge in [-0.2, -0.15) is 0 Å². The van der Waals surface area contributed by atoms with Crippen LogP contribution in [0, 0.1) is 0 Å². The molecule has 34 heavy (non-hydrogen) atoms. The molecule has 3 rings (SSSR count). The Labute approximate surface area is 208 Å². The lowest BCUT2D eigenvalue weighted by Gasteiger charge is -2.16. The number of allylic oxidation sites excluding steroid dienone is 3. The second-order valence-corrected chi connectivity index (χ2v) is 11.4. The first-order valence-electron chi connectivity index (χ1n) is 10.6. The van der Waals surface area contributed by atoms with Gasteiger partial charge in [-0.1, -0.05) is 72.8 Å². The summed E-state index contributed by atoms with van der Waals surface area (Å²) >= 11 is 6.24. The maximum Gasteiger partial charge on any atom is 0.356 e. The fourth-order valence-electron chi connectivity index (χ4n) is 3.37. The molecule has 1 aromatic heterocycles. The maximum absolute atomic E-state index is 13.1. The van der Waals surface area contributed by atoms with Crippen LogP contribution in [-0.4, -0.2) is 37.4 Å². The number of nitrogens with zero attached hydrogens (tertiary/aromatic N) is 1. The minimum absolute atomic E-state index is 0.0310. The predicted octanol–water partition coefficient (Wildman–Crippen LogP) is 5.65. The van der Waals surface area contributed by atoms with Gasteiger partial charge in [0.25, 0.3) is 0 Å². The van der Waals surface area contributed by atoms with Gasteiger partial charge in [-0.05, 0) is 51.9 Å². The third-order valence-electron chi connectivity index (χ3n) is 4.74. The molecule has 3 aromatic rings. The normalized spacial score (nSPS) is 12.1. The molecule has 0 saturated carbocycles. The minimum atomic E-state index is -3.87. The summed E-state index contributed by atoms with van der Waals surface area (Å²) in [6.45, 7) is 12.8. The molecule has 0 amide bonds. The number of esters is 1. The zero-order valence-electron chi connectivity index (χ0n) is 19.6. The van der Waals surface area contributed by atoms with Crippen LogP contribution in [-0.2, 0) is 14.8 Å². The largest absolute Gasteiger partial charge is 0.461 e. The molecule has 0 N–H and O–H groups in total. The summed E-state index contributed by atoms with van der Waals surface area (Å²) in [5.41, 5.74) is 0.433. The van der Waals surface area contributed by atoms with Crippen LogP contribution in [0.5, 0.6) is 0 Å². The summed E-state index contributed by atoms with van der Waals surface area (Å²) < 4.78 is 32.5. The monoisotopic (exact) mass is 517 g/mol. The van der Waals surface area contributed by atoms with Crippen molar-refractivity contribution in [1.29, 1.82) is 0 Å². The number of halogens is 1. The molecule has 0 saturated heterocycles. The smallest absolute Gasteiger partial charge is 0.356 e. The highest BCUT2D eigenvalue weighted by molar-refractivity contribution is 7.90. The van der Waals surface area contributed by atoms with E-state index >= 15 is 0 Å². The zero-order chi connectivity index (χ0) is 25.3. The van der Waals surface area contributed by atoms with Gasteiger partial charge < -0.3 is 4.74 Å². The van der Waals surface area contributed by atoms with Crippen LogP contribution >= 0.6 is 19.5 Å². The van der Waals surface area contributed by atoms with Crippen molar-refractivity contribution in [3.63, 3.8) is 0 Å². The number of aromatic nitrogens is 1. The van der Waals surface area contributed by atoms with Crippen molar-refractivity contribution in [3.05, 3.63) is 96.7 Å². The standard InChI is InChI=1S/C21H21ClNO4PS.C5H8/c1-4-13-29(25,26)23-18-12-11-15(22)14-17(18)20(19(23)21(24)27-5-2)28(3)16-9-7-6-8-10-16;1-3-5-4-2/h4,6-12,14H,1,5,13H2,2-3H3;3-5H,1H2,2H3/b;5-4-. The van der Waals surface area contributed by atoms with Crippen LogP contribution in [0.25, 0.3) is 10.9 Å². The van der Waals surface area contributed by atoms with E-state index in [9.17, 15) is 13.2 Å². The average molecular weight is 518 g/mol. The maximum atomic E-state index is 13.1. The van der Waals surface area contributed by atoms with E-state index in [-0.39, 0.29) is 18.1 Å². The van der Waals surface area contributed by atoms with Gasteiger partial charge in [0.2, 0.25) is 10.0 Å². The number of hydrogen-bond donors (Lipinski definition) is 0. The number of carbonyl (C=O) groups is 1. The number of fused-ring (bicyclic) bond motifs is 1. The summed E-state index contributed by atoms with van der Waals surface area (Å²) in [6.07, 6.45) is 6.88. The van der Waals surface area contributed by atoms with Crippen molar-refractivity contribution in [2.24, 2.45) is 0 Å². The number of rotatable bonds is 8. The molecule has 0 bridgehead atoms. The third kappa shape index (κ3) is 6.26. The first-order chi connectivity index (χ1) is 16.2. The molecule has 0 radical (unpaired) electrons. The van der Waals surface area contributed by atoms with Crippen LogP contribution < -0.4 is 10.6 Å². The fraction of sp³-hybridized carbons (Fsp3) is 0.192. The summed E-state index contributed by atoms with van der Waals surface area (Å²) in [6, 6.07) is 14.6. The minimum Gasteiger partial charge on any atom is -0.461 e. The van der Waals surface area contributed by atoms with Gasteiger partial charge in [-0.3, -0.25) is 0 Å². The Balaban J connectivity index is 0.000000739. The topological polar surface area (TPSA) is 65.4 Å². The Kier molecular flexibility index (Phi) is 10.3. The molecule has 0 spiro atoms. The molecule has 0 fully saturated rings. The van der Waals surface area contributed by atoms with Crippen molar-refractivity contribution in [1.82, 2.24) is 3.97 Å². The van der Waals surface area contributed by atoms with Crippen molar-refractivity contribution >= 4 is 57.0 Å². The molecule has 0 aliphatic heterocycles. The summed E-state index contributed by atoms with van der Waals surface area (Å²) in [5.74, 6) is -0.981. The molecule has 1 atom stereocenters. The number of hydrogen-bond acceptors (Lipinski definition) is 4. The number of ether oxygens (including phenoxy) is 1. The number of benzene rings is 2. The molecule has 2 aromatic carbocycles. The molecule has 1 heterocycles. The molecule has 5 nitrogen and oxygen atoms in total. The Morgan fingerprint density at radius 1 is 1.18 bits per heavy atom. The lowest BCUT2D eigenvalue weighted by atomic mass is 10.2. The molecular formula is C26H29ClNO4PS. The number of carbonyl (C=O) groups excluding carboxylic acids is 1. The van der Waals surface area contributed by atoms with Crippen molar-refractivity contribution in [2.75, 3.05) is 19.0 Å². The third-order valence-corrected chi connectivity index (χ3v) is 8.77. The van der Waals surface area contributed by atoms with E-state index in [0.717, 1.165) is 9.28 Å². The van der Waals surface area contributed by atoms with Crippen LogP contribution in [0.15, 0.2) is 86.0 Å². The zero-order valence-corrected chi connectivity index (χ0v) is 22.0. The Hall–Kier alpha value is -2.66. The average Bonchev–Trinajstić information content (AvgIpc) is 3.15. The Morgan fingerprint density at radius 2 is 1.85 bits per heavy atom. The van der Waals surface area contributed by atoms with Gasteiger partial charge >= 0.3 is 5.97 Å². The van der Waals surface area contributed by atoms with E-state index < -0.39 is 23.9 Å². The lowest BCUT2D eigenvalue weighted by molar-refractivity contribution is 0.0520. The van der Waals surface area contributed by atoms with Crippen LogP contribution in [0.3, 0.4) is 0 Å². The van der Waals surface area contributed by atoms with E-state index in [0.29, 0.717) is 21.2 Å². The quantitative estimate of drug-likeness (QED) is 0.168. The lowest BCUT2D eigenvalue weighted by Crippen LogP contribution is -2.26. The van der Waals surface area contributed by atoms with Crippen molar-refractivity contribution in [2.45, 2.75) is 13.8 Å². The van der Waals surface area contributed by atoms with E-state index in [1.165, 1.54) is 6.08 Å². The molecule has 0 aliphatic rings. The predicted molar refractivity (Wildman–Crippen MR) is 146 cm³/mol. The van der Waals surface area contributed by atoms with Crippen LogP contribution in [0.4, 0.5) is 0 Å². The SMILES string of the molecule is C=C/C=C\C.C=CCS(=O)(=O)n1c(C(=O)OCC)c(P(C)c2ccccc2)c2cc(Cl)ccc21. The van der Waals surface area contributed by atoms with Crippen LogP contribution in [0.2, 0.25) is 5.02 Å². The van der Waals surface area contributed by atoms with Gasteiger partial charge in [-0.25, -0.2) is 17.2 Å². The molecule has 8 heteroatoms.